The third-order valence-corrected chi connectivity index (χ3v) is 2.32. The molecular weight excluding hydrogens is 293 g/mol. The normalized spacial score (nSPS) is 13.6. The Balaban J connectivity index is 0.00000324. The lowest BCUT2D eigenvalue weighted by molar-refractivity contribution is -0.291. The third-order valence-electron chi connectivity index (χ3n) is 2.32. The van der Waals surface area contributed by atoms with E-state index in [1.54, 1.807) is 6.92 Å². The second-order valence-corrected chi connectivity index (χ2v) is 3.57. The molecular formula is C11H13ClF5NO. The van der Waals surface area contributed by atoms with Crippen LogP contribution in [0.3, 0.4) is 0 Å². The van der Waals surface area contributed by atoms with Crippen LogP contribution in [-0.2, 0) is 0 Å². The van der Waals surface area contributed by atoms with Gasteiger partial charge in [-0.2, -0.15) is 22.0 Å². The molecule has 0 aliphatic carbocycles. The quantitative estimate of drug-likeness (QED) is 0.861. The molecule has 0 spiro atoms. The van der Waals surface area contributed by atoms with Crippen LogP contribution in [0.5, 0.6) is 5.75 Å². The molecule has 19 heavy (non-hydrogen) atoms. The highest BCUT2D eigenvalue weighted by Gasteiger charge is 2.62. The first kappa shape index (κ1) is 17.9. The van der Waals surface area contributed by atoms with Gasteiger partial charge in [0, 0.05) is 5.56 Å². The van der Waals surface area contributed by atoms with E-state index in [4.69, 9.17) is 10.5 Å². The molecule has 8 heteroatoms. The van der Waals surface area contributed by atoms with Gasteiger partial charge in [-0.3, -0.25) is 0 Å². The highest BCUT2D eigenvalue weighted by atomic mass is 35.5. The summed E-state index contributed by atoms with van der Waals surface area (Å²) in [6.07, 6.45) is -5.70. The van der Waals surface area contributed by atoms with Gasteiger partial charge in [0.2, 0.25) is 0 Å². The first-order chi connectivity index (χ1) is 8.21. The van der Waals surface area contributed by atoms with Crippen molar-refractivity contribution in [3.63, 3.8) is 0 Å². The second kappa shape index (κ2) is 6.38. The van der Waals surface area contributed by atoms with Crippen LogP contribution in [0.1, 0.15) is 18.5 Å². The van der Waals surface area contributed by atoms with Crippen molar-refractivity contribution in [2.45, 2.75) is 25.1 Å². The van der Waals surface area contributed by atoms with E-state index in [0.717, 1.165) is 6.07 Å². The molecule has 1 aromatic carbocycles. The minimum atomic E-state index is -5.70. The van der Waals surface area contributed by atoms with Gasteiger partial charge in [-0.05, 0) is 13.0 Å². The standard InChI is InChI=1S/C11H12F5NO.ClH/c1-2-18-8-6-4-3-5-7(8)9(17)10(12,13)11(14,15)16;/h3-6,9H,2,17H2,1H3;1H/t9-;/m1./s1. The largest absolute Gasteiger partial charge is 0.494 e. The average molecular weight is 306 g/mol. The number of halogens is 6. The SMILES string of the molecule is CCOc1ccccc1[C@@H](N)C(F)(F)C(F)(F)F.Cl. The second-order valence-electron chi connectivity index (χ2n) is 3.57. The van der Waals surface area contributed by atoms with Gasteiger partial charge < -0.3 is 10.5 Å². The molecule has 0 fully saturated rings. The topological polar surface area (TPSA) is 35.2 Å². The Morgan fingerprint density at radius 1 is 1.16 bits per heavy atom. The lowest BCUT2D eigenvalue weighted by atomic mass is 10.00. The summed E-state index contributed by atoms with van der Waals surface area (Å²) < 4.78 is 67.9. The fourth-order valence-corrected chi connectivity index (χ4v) is 1.40. The summed E-state index contributed by atoms with van der Waals surface area (Å²) in [6, 6.07) is 2.68. The number of benzene rings is 1. The number of hydrogen-bond donors (Lipinski definition) is 1. The number of rotatable bonds is 4. The number of alkyl halides is 5. The Labute approximate surface area is 113 Å². The highest BCUT2D eigenvalue weighted by Crippen LogP contribution is 2.45. The molecule has 0 aliphatic heterocycles. The van der Waals surface area contributed by atoms with Gasteiger partial charge in [-0.15, -0.1) is 12.4 Å². The summed E-state index contributed by atoms with van der Waals surface area (Å²) in [5.41, 5.74) is 4.67. The number of para-hydroxylation sites is 1. The van der Waals surface area contributed by atoms with E-state index in [0.29, 0.717) is 0 Å². The summed E-state index contributed by atoms with van der Waals surface area (Å²) in [5, 5.41) is 0. The number of nitrogens with two attached hydrogens (primary N) is 1. The van der Waals surface area contributed by atoms with Crippen molar-refractivity contribution in [3.8, 4) is 5.75 Å². The number of hydrogen-bond acceptors (Lipinski definition) is 2. The fraction of sp³-hybridized carbons (Fsp3) is 0.455. The Hall–Kier alpha value is -1.08. The molecule has 0 unspecified atom stereocenters. The minimum Gasteiger partial charge on any atom is -0.494 e. The van der Waals surface area contributed by atoms with Gasteiger partial charge in [-0.25, -0.2) is 0 Å². The highest BCUT2D eigenvalue weighted by molar-refractivity contribution is 5.85. The Morgan fingerprint density at radius 2 is 1.68 bits per heavy atom. The minimum absolute atomic E-state index is 0. The van der Waals surface area contributed by atoms with Crippen LogP contribution in [0.2, 0.25) is 0 Å². The van der Waals surface area contributed by atoms with Crippen LogP contribution in [-0.4, -0.2) is 18.7 Å². The fourth-order valence-electron chi connectivity index (χ4n) is 1.40. The maximum atomic E-state index is 13.1. The van der Waals surface area contributed by atoms with Crippen molar-refractivity contribution in [1.29, 1.82) is 0 Å². The lowest BCUT2D eigenvalue weighted by Gasteiger charge is -2.27. The van der Waals surface area contributed by atoms with Crippen LogP contribution in [0, 0.1) is 0 Å². The van der Waals surface area contributed by atoms with E-state index in [2.05, 4.69) is 0 Å². The van der Waals surface area contributed by atoms with Crippen molar-refractivity contribution < 1.29 is 26.7 Å². The molecule has 0 radical (unpaired) electrons. The van der Waals surface area contributed by atoms with Crippen molar-refractivity contribution in [1.82, 2.24) is 0 Å². The van der Waals surface area contributed by atoms with Gasteiger partial charge in [-0.1, -0.05) is 18.2 Å². The van der Waals surface area contributed by atoms with Gasteiger partial charge in [0.25, 0.3) is 0 Å². The van der Waals surface area contributed by atoms with Crippen LogP contribution in [0.25, 0.3) is 0 Å². The van der Waals surface area contributed by atoms with E-state index in [-0.39, 0.29) is 30.3 Å². The van der Waals surface area contributed by atoms with Crippen LogP contribution in [0.4, 0.5) is 22.0 Å². The molecule has 2 nitrogen and oxygen atoms in total. The predicted octanol–water partition coefficient (Wildman–Crippen LogP) is 3.70. The van der Waals surface area contributed by atoms with Gasteiger partial charge in [0.15, 0.2) is 0 Å². The molecule has 0 aliphatic rings. The van der Waals surface area contributed by atoms with Crippen molar-refractivity contribution in [3.05, 3.63) is 29.8 Å². The van der Waals surface area contributed by atoms with Crippen molar-refractivity contribution in [2.75, 3.05) is 6.61 Å². The van der Waals surface area contributed by atoms with Crippen LogP contribution in [0.15, 0.2) is 24.3 Å². The molecule has 0 saturated carbocycles. The monoisotopic (exact) mass is 305 g/mol. The molecule has 110 valence electrons. The molecule has 0 heterocycles. The molecule has 1 atom stereocenters. The van der Waals surface area contributed by atoms with Crippen LogP contribution >= 0.6 is 12.4 Å². The zero-order valence-corrected chi connectivity index (χ0v) is 10.7. The summed E-state index contributed by atoms with van der Waals surface area (Å²) in [4.78, 5) is 0. The average Bonchev–Trinajstić information content (AvgIpc) is 2.28. The molecule has 1 aromatic rings. The van der Waals surface area contributed by atoms with Crippen molar-refractivity contribution in [2.24, 2.45) is 5.73 Å². The van der Waals surface area contributed by atoms with Crippen molar-refractivity contribution >= 4 is 12.4 Å². The molecule has 0 bridgehead atoms. The van der Waals surface area contributed by atoms with E-state index >= 15 is 0 Å². The summed E-state index contributed by atoms with van der Waals surface area (Å²) >= 11 is 0. The van der Waals surface area contributed by atoms with E-state index in [1.807, 2.05) is 0 Å². The van der Waals surface area contributed by atoms with E-state index in [9.17, 15) is 22.0 Å². The zero-order valence-electron chi connectivity index (χ0n) is 9.88. The van der Waals surface area contributed by atoms with Crippen LogP contribution < -0.4 is 10.5 Å². The molecule has 0 aromatic heterocycles. The Kier molecular flexibility index (Phi) is 6.02. The third kappa shape index (κ3) is 3.70. The maximum absolute atomic E-state index is 13.1. The molecule has 0 amide bonds. The lowest BCUT2D eigenvalue weighted by Crippen LogP contribution is -2.45. The van der Waals surface area contributed by atoms with Gasteiger partial charge in [0.1, 0.15) is 11.8 Å². The predicted molar refractivity (Wildman–Crippen MR) is 62.8 cm³/mol. The van der Waals surface area contributed by atoms with E-state index < -0.39 is 18.1 Å². The molecule has 1 rings (SSSR count). The molecule has 0 saturated heterocycles. The van der Waals surface area contributed by atoms with Gasteiger partial charge >= 0.3 is 12.1 Å². The Morgan fingerprint density at radius 3 is 2.16 bits per heavy atom. The first-order valence-corrected chi connectivity index (χ1v) is 5.13. The number of ether oxygens (including phenoxy) is 1. The summed E-state index contributed by atoms with van der Waals surface area (Å²) in [5.74, 6) is -5.09. The van der Waals surface area contributed by atoms with E-state index in [1.165, 1.54) is 18.2 Å². The summed E-state index contributed by atoms with van der Waals surface area (Å²) in [6.45, 7) is 1.73. The molecule has 2 N–H and O–H groups in total. The summed E-state index contributed by atoms with van der Waals surface area (Å²) in [7, 11) is 0. The van der Waals surface area contributed by atoms with Gasteiger partial charge in [0.05, 0.1) is 6.61 Å². The maximum Gasteiger partial charge on any atom is 0.455 e. The first-order valence-electron chi connectivity index (χ1n) is 5.13. The zero-order chi connectivity index (χ0) is 14.0. The smallest absolute Gasteiger partial charge is 0.455 e. The Bertz CT molecular complexity index is 410.